The van der Waals surface area contributed by atoms with Crippen LogP contribution in [0.25, 0.3) is 0 Å². The Hall–Kier alpha value is 0.320. The van der Waals surface area contributed by atoms with Gasteiger partial charge in [0.15, 0.2) is 0 Å². The fraction of sp³-hybridized carbons (Fsp3) is 0.250. The summed E-state index contributed by atoms with van der Waals surface area (Å²) < 4.78 is 27.9. The number of rotatable bonds is 1. The molecule has 0 rings (SSSR count). The van der Waals surface area contributed by atoms with Gasteiger partial charge in [-0.3, -0.25) is 9.35 Å². The van der Waals surface area contributed by atoms with E-state index in [4.69, 9.17) is 4.55 Å². The van der Waals surface area contributed by atoms with Crippen molar-refractivity contribution in [3.05, 3.63) is 12.2 Å². The van der Waals surface area contributed by atoms with Gasteiger partial charge in [0, 0.05) is 5.57 Å². The van der Waals surface area contributed by atoms with Crippen LogP contribution in [0, 0.1) is 0 Å². The average molecular weight is 174 g/mol. The molecule has 0 aliphatic rings. The predicted octanol–water partition coefficient (Wildman–Crippen LogP) is -0.672. The molecule has 0 saturated carbocycles. The summed E-state index contributed by atoms with van der Waals surface area (Å²) >= 11 is 0. The third kappa shape index (κ3) is 4.19. The fourth-order valence-corrected chi connectivity index (χ4v) is 0.661. The van der Waals surface area contributed by atoms with Gasteiger partial charge < -0.3 is 0 Å². The maximum atomic E-state index is 10.2. The van der Waals surface area contributed by atoms with Crippen molar-refractivity contribution in [1.82, 2.24) is 0 Å². The minimum absolute atomic E-state index is 0. The molecule has 4 nitrogen and oxygen atoms in total. The summed E-state index contributed by atoms with van der Waals surface area (Å²) in [4.78, 5) is 10.2. The van der Waals surface area contributed by atoms with E-state index >= 15 is 0 Å². The predicted molar refractivity (Wildman–Crippen MR) is 38.5 cm³/mol. The van der Waals surface area contributed by atoms with Crippen LogP contribution in [0.2, 0.25) is 0 Å². The van der Waals surface area contributed by atoms with E-state index in [9.17, 15) is 13.2 Å². The van der Waals surface area contributed by atoms with E-state index in [2.05, 4.69) is 6.58 Å². The summed E-state index contributed by atoms with van der Waals surface area (Å²) in [5.41, 5.74) is -0.197. The van der Waals surface area contributed by atoms with Crippen molar-refractivity contribution in [1.29, 1.82) is 0 Å². The Labute approximate surface area is 81.3 Å². The van der Waals surface area contributed by atoms with Gasteiger partial charge in [0.1, 0.15) is 0 Å². The van der Waals surface area contributed by atoms with Gasteiger partial charge in [0.25, 0.3) is 5.12 Å². The maximum absolute atomic E-state index is 10.2. The van der Waals surface area contributed by atoms with E-state index < -0.39 is 15.2 Å². The first kappa shape index (κ1) is 12.9. The Bertz CT molecular complexity index is 240. The zero-order valence-corrected chi connectivity index (χ0v) is 5.60. The van der Waals surface area contributed by atoms with Crippen molar-refractivity contribution in [3.8, 4) is 0 Å². The molecule has 0 heterocycles. The molecule has 0 atom stereocenters. The van der Waals surface area contributed by atoms with Crippen molar-refractivity contribution >= 4 is 44.8 Å². The molecule has 10 heavy (non-hydrogen) atoms. The Morgan fingerprint density at radius 2 is 1.80 bits per heavy atom. The fourth-order valence-electron chi connectivity index (χ4n) is 0.220. The summed E-state index contributed by atoms with van der Waals surface area (Å²) in [6.45, 7) is 4.24. The summed E-state index contributed by atoms with van der Waals surface area (Å²) in [5.74, 6) is 0. The van der Waals surface area contributed by atoms with Gasteiger partial charge in [-0.25, -0.2) is 0 Å². The average Bonchev–Trinajstić information content (AvgIpc) is 1.62. The summed E-state index contributed by atoms with van der Waals surface area (Å²) in [6.07, 6.45) is 0. The Morgan fingerprint density at radius 3 is 1.80 bits per heavy atom. The first-order valence-corrected chi connectivity index (χ1v) is 3.47. The quantitative estimate of drug-likeness (QED) is 0.325. The molecule has 54 valence electrons. The number of carbonyl (C=O) groups is 1. The zero-order chi connectivity index (χ0) is 7.65. The Kier molecular flexibility index (Phi) is 5.50. The summed E-state index contributed by atoms with van der Waals surface area (Å²) in [7, 11) is -4.54. The first-order chi connectivity index (χ1) is 3.85. The SMILES string of the molecule is C=C(C)C(=O)S(=O)(=O)O.[NaH]. The van der Waals surface area contributed by atoms with E-state index in [0.717, 1.165) is 0 Å². The molecule has 0 fully saturated rings. The summed E-state index contributed by atoms with van der Waals surface area (Å²) in [5, 5.41) is -1.33. The van der Waals surface area contributed by atoms with Crippen LogP contribution < -0.4 is 0 Å². The van der Waals surface area contributed by atoms with E-state index in [1.165, 1.54) is 6.92 Å². The monoisotopic (exact) mass is 174 g/mol. The van der Waals surface area contributed by atoms with Crippen molar-refractivity contribution in [2.75, 3.05) is 0 Å². The van der Waals surface area contributed by atoms with Crippen LogP contribution in [-0.4, -0.2) is 47.6 Å². The normalized spacial score (nSPS) is 9.80. The van der Waals surface area contributed by atoms with E-state index in [1.54, 1.807) is 0 Å². The van der Waals surface area contributed by atoms with Gasteiger partial charge in [-0.15, -0.1) is 0 Å². The molecule has 0 amide bonds. The number of carbonyl (C=O) groups excluding carboxylic acids is 1. The Balaban J connectivity index is 0. The molecule has 0 aliphatic heterocycles. The van der Waals surface area contributed by atoms with Gasteiger partial charge in [-0.05, 0) is 6.92 Å². The molecule has 1 N–H and O–H groups in total. The van der Waals surface area contributed by atoms with Gasteiger partial charge >= 0.3 is 39.7 Å². The van der Waals surface area contributed by atoms with Gasteiger partial charge in [-0.2, -0.15) is 8.42 Å². The van der Waals surface area contributed by atoms with Crippen LogP contribution in [0.5, 0.6) is 0 Å². The van der Waals surface area contributed by atoms with Crippen LogP contribution in [0.4, 0.5) is 0 Å². The molecule has 0 saturated heterocycles. The van der Waals surface area contributed by atoms with Crippen LogP contribution in [0.15, 0.2) is 12.2 Å². The second-order valence-electron chi connectivity index (χ2n) is 1.54. The second-order valence-corrected chi connectivity index (χ2v) is 2.86. The second kappa shape index (κ2) is 4.25. The Morgan fingerprint density at radius 1 is 1.50 bits per heavy atom. The zero-order valence-electron chi connectivity index (χ0n) is 4.79. The van der Waals surface area contributed by atoms with Crippen LogP contribution in [0.1, 0.15) is 6.92 Å². The molecule has 0 unspecified atom stereocenters. The number of hydrogen-bond donors (Lipinski definition) is 1. The van der Waals surface area contributed by atoms with E-state index in [-0.39, 0.29) is 35.1 Å². The van der Waals surface area contributed by atoms with Crippen molar-refractivity contribution in [3.63, 3.8) is 0 Å². The van der Waals surface area contributed by atoms with Crippen LogP contribution in [-0.2, 0) is 14.9 Å². The number of hydrogen-bond acceptors (Lipinski definition) is 3. The third-order valence-corrected chi connectivity index (χ3v) is 1.40. The van der Waals surface area contributed by atoms with Gasteiger partial charge in [-0.1, -0.05) is 6.58 Å². The van der Waals surface area contributed by atoms with Gasteiger partial charge in [0.05, 0.1) is 0 Å². The molecule has 0 aromatic heterocycles. The molecule has 0 radical (unpaired) electrons. The van der Waals surface area contributed by atoms with Crippen LogP contribution in [0.3, 0.4) is 0 Å². The molecule has 0 aliphatic carbocycles. The first-order valence-electron chi connectivity index (χ1n) is 2.03. The molecular weight excluding hydrogens is 167 g/mol. The molecule has 6 heteroatoms. The standard InChI is InChI=1S/C4H6O4S.Na.H/c1-3(2)4(5)9(6,7)8;;/h1H2,2H3,(H,6,7,8);;. The molecular formula is C4H7NaO4S. The third-order valence-electron chi connectivity index (χ3n) is 0.583. The van der Waals surface area contributed by atoms with Crippen LogP contribution >= 0.6 is 0 Å². The van der Waals surface area contributed by atoms with E-state index in [0.29, 0.717) is 0 Å². The molecule has 0 aromatic rings. The van der Waals surface area contributed by atoms with Crippen molar-refractivity contribution in [2.45, 2.75) is 6.92 Å². The topological polar surface area (TPSA) is 71.4 Å². The minimum atomic E-state index is -4.54. The van der Waals surface area contributed by atoms with Crippen molar-refractivity contribution in [2.24, 2.45) is 0 Å². The van der Waals surface area contributed by atoms with Gasteiger partial charge in [0.2, 0.25) is 0 Å². The molecule has 0 aromatic carbocycles. The molecule has 0 bridgehead atoms. The molecule has 0 spiro atoms. The van der Waals surface area contributed by atoms with Crippen molar-refractivity contribution < 1.29 is 17.8 Å². The summed E-state index contributed by atoms with van der Waals surface area (Å²) in [6, 6.07) is 0. The van der Waals surface area contributed by atoms with E-state index in [1.807, 2.05) is 0 Å².